The van der Waals surface area contributed by atoms with Crippen molar-refractivity contribution < 1.29 is 4.79 Å². The Kier molecular flexibility index (Phi) is 3.85. The van der Waals surface area contributed by atoms with Crippen LogP contribution in [0.15, 0.2) is 30.6 Å². The van der Waals surface area contributed by atoms with Crippen molar-refractivity contribution in [3.8, 4) is 0 Å². The van der Waals surface area contributed by atoms with Gasteiger partial charge in [0.15, 0.2) is 0 Å². The van der Waals surface area contributed by atoms with Crippen LogP contribution in [0.3, 0.4) is 0 Å². The molecule has 0 saturated carbocycles. The van der Waals surface area contributed by atoms with Gasteiger partial charge in [0.2, 0.25) is 0 Å². The van der Waals surface area contributed by atoms with Crippen LogP contribution in [0.2, 0.25) is 0 Å². The molecule has 0 aliphatic carbocycles. The van der Waals surface area contributed by atoms with Gasteiger partial charge in [-0.1, -0.05) is 12.2 Å². The summed E-state index contributed by atoms with van der Waals surface area (Å²) in [6, 6.07) is 1.82. The lowest BCUT2D eigenvalue weighted by Crippen LogP contribution is -2.23. The van der Waals surface area contributed by atoms with Crippen LogP contribution >= 0.6 is 0 Å². The Labute approximate surface area is 83.9 Å². The number of allylic oxidation sites excluding steroid dienone is 1. The average Bonchev–Trinajstić information content (AvgIpc) is 2.18. The van der Waals surface area contributed by atoms with E-state index in [1.165, 1.54) is 0 Å². The van der Waals surface area contributed by atoms with Crippen molar-refractivity contribution >= 4 is 5.91 Å². The molecule has 0 spiro atoms. The molecule has 74 valence electrons. The van der Waals surface area contributed by atoms with Gasteiger partial charge < -0.3 is 5.32 Å². The zero-order valence-electron chi connectivity index (χ0n) is 8.45. The fourth-order valence-corrected chi connectivity index (χ4v) is 1.05. The third kappa shape index (κ3) is 3.01. The van der Waals surface area contributed by atoms with Gasteiger partial charge in [-0.25, -0.2) is 0 Å². The van der Waals surface area contributed by atoms with Gasteiger partial charge >= 0.3 is 0 Å². The first-order valence-electron chi connectivity index (χ1n) is 4.55. The standard InChI is InChI=1S/C11H14N2O/c1-3-4-5-13-11(14)10-6-9(2)7-12-8-10/h3-4,6-8H,5H2,1-2H3,(H,13,14)/b4-3+. The monoisotopic (exact) mass is 190 g/mol. The van der Waals surface area contributed by atoms with Crippen molar-refractivity contribution in [1.82, 2.24) is 10.3 Å². The molecule has 0 aromatic carbocycles. The summed E-state index contributed by atoms with van der Waals surface area (Å²) in [5.74, 6) is -0.0840. The summed E-state index contributed by atoms with van der Waals surface area (Å²) >= 11 is 0. The zero-order valence-corrected chi connectivity index (χ0v) is 8.45. The molecule has 1 N–H and O–H groups in total. The summed E-state index contributed by atoms with van der Waals surface area (Å²) in [5.41, 5.74) is 1.60. The van der Waals surface area contributed by atoms with E-state index in [4.69, 9.17) is 0 Å². The third-order valence-corrected chi connectivity index (χ3v) is 1.75. The predicted molar refractivity (Wildman–Crippen MR) is 56.1 cm³/mol. The number of carbonyl (C=O) groups is 1. The van der Waals surface area contributed by atoms with Crippen molar-refractivity contribution in [2.45, 2.75) is 13.8 Å². The summed E-state index contributed by atoms with van der Waals surface area (Å²) in [7, 11) is 0. The number of aryl methyl sites for hydroxylation is 1. The highest BCUT2D eigenvalue weighted by molar-refractivity contribution is 5.94. The molecule has 1 amide bonds. The fraction of sp³-hybridized carbons (Fsp3) is 0.273. The van der Waals surface area contributed by atoms with Crippen LogP contribution in [0.4, 0.5) is 0 Å². The molecule has 3 nitrogen and oxygen atoms in total. The zero-order chi connectivity index (χ0) is 10.4. The van der Waals surface area contributed by atoms with Gasteiger partial charge in [-0.2, -0.15) is 0 Å². The molecule has 0 radical (unpaired) electrons. The lowest BCUT2D eigenvalue weighted by molar-refractivity contribution is 0.0957. The molecule has 0 bridgehead atoms. The summed E-state index contributed by atoms with van der Waals surface area (Å²) in [4.78, 5) is 15.4. The van der Waals surface area contributed by atoms with Crippen LogP contribution in [0, 0.1) is 6.92 Å². The topological polar surface area (TPSA) is 42.0 Å². The minimum atomic E-state index is -0.0840. The van der Waals surface area contributed by atoms with E-state index in [1.54, 1.807) is 12.4 Å². The van der Waals surface area contributed by atoms with Crippen LogP contribution in [0.1, 0.15) is 22.8 Å². The SMILES string of the molecule is C/C=C/CNC(=O)c1cncc(C)c1. The fourth-order valence-electron chi connectivity index (χ4n) is 1.05. The molecule has 0 fully saturated rings. The number of pyridine rings is 1. The molecule has 0 unspecified atom stereocenters. The highest BCUT2D eigenvalue weighted by Crippen LogP contribution is 2.00. The smallest absolute Gasteiger partial charge is 0.253 e. The lowest BCUT2D eigenvalue weighted by Gasteiger charge is -2.02. The summed E-state index contributed by atoms with van der Waals surface area (Å²) in [6.45, 7) is 4.39. The molecule has 0 atom stereocenters. The highest BCUT2D eigenvalue weighted by Gasteiger charge is 2.03. The van der Waals surface area contributed by atoms with E-state index in [1.807, 2.05) is 32.1 Å². The van der Waals surface area contributed by atoms with Crippen molar-refractivity contribution in [1.29, 1.82) is 0 Å². The first-order chi connectivity index (χ1) is 6.74. The van der Waals surface area contributed by atoms with Crippen molar-refractivity contribution in [2.75, 3.05) is 6.54 Å². The second-order valence-corrected chi connectivity index (χ2v) is 3.03. The Morgan fingerprint density at radius 1 is 1.57 bits per heavy atom. The first-order valence-corrected chi connectivity index (χ1v) is 4.55. The van der Waals surface area contributed by atoms with Crippen LogP contribution in [-0.2, 0) is 0 Å². The van der Waals surface area contributed by atoms with Gasteiger partial charge in [0.1, 0.15) is 0 Å². The molecule has 3 heteroatoms. The Balaban J connectivity index is 2.60. The van der Waals surface area contributed by atoms with Crippen molar-refractivity contribution in [3.63, 3.8) is 0 Å². The molecular weight excluding hydrogens is 176 g/mol. The molecule has 14 heavy (non-hydrogen) atoms. The predicted octanol–water partition coefficient (Wildman–Crippen LogP) is 1.70. The van der Waals surface area contributed by atoms with E-state index >= 15 is 0 Å². The number of rotatable bonds is 3. The molecule has 0 aliphatic heterocycles. The largest absolute Gasteiger partial charge is 0.349 e. The Bertz CT molecular complexity index is 345. The first kappa shape index (κ1) is 10.4. The normalized spacial score (nSPS) is 10.4. The van der Waals surface area contributed by atoms with Gasteiger partial charge in [0.05, 0.1) is 5.56 Å². The summed E-state index contributed by atoms with van der Waals surface area (Å²) in [6.07, 6.45) is 7.08. The van der Waals surface area contributed by atoms with Gasteiger partial charge in [0.25, 0.3) is 5.91 Å². The van der Waals surface area contributed by atoms with Crippen LogP contribution < -0.4 is 5.32 Å². The Morgan fingerprint density at radius 2 is 2.36 bits per heavy atom. The molecule has 1 rings (SSSR count). The molecule has 0 saturated heterocycles. The number of hydrogen-bond acceptors (Lipinski definition) is 2. The maximum atomic E-state index is 11.5. The maximum Gasteiger partial charge on any atom is 0.253 e. The molecule has 1 aromatic rings. The molecular formula is C11H14N2O. The minimum absolute atomic E-state index is 0.0840. The van der Waals surface area contributed by atoms with Gasteiger partial charge in [-0.3, -0.25) is 9.78 Å². The van der Waals surface area contributed by atoms with E-state index in [0.29, 0.717) is 12.1 Å². The van der Waals surface area contributed by atoms with E-state index in [2.05, 4.69) is 10.3 Å². The Morgan fingerprint density at radius 3 is 3.00 bits per heavy atom. The van der Waals surface area contributed by atoms with Crippen LogP contribution in [0.25, 0.3) is 0 Å². The van der Waals surface area contributed by atoms with Gasteiger partial charge in [0, 0.05) is 18.9 Å². The number of nitrogens with one attached hydrogen (secondary N) is 1. The number of hydrogen-bond donors (Lipinski definition) is 1. The van der Waals surface area contributed by atoms with E-state index in [9.17, 15) is 4.79 Å². The van der Waals surface area contributed by atoms with E-state index in [-0.39, 0.29) is 5.91 Å². The minimum Gasteiger partial charge on any atom is -0.349 e. The lowest BCUT2D eigenvalue weighted by atomic mass is 10.2. The average molecular weight is 190 g/mol. The second-order valence-electron chi connectivity index (χ2n) is 3.03. The summed E-state index contributed by atoms with van der Waals surface area (Å²) in [5, 5.41) is 2.76. The second kappa shape index (κ2) is 5.17. The van der Waals surface area contributed by atoms with Gasteiger partial charge in [-0.05, 0) is 25.5 Å². The highest BCUT2D eigenvalue weighted by atomic mass is 16.1. The Hall–Kier alpha value is -1.64. The van der Waals surface area contributed by atoms with Gasteiger partial charge in [-0.15, -0.1) is 0 Å². The number of amides is 1. The quantitative estimate of drug-likeness (QED) is 0.737. The van der Waals surface area contributed by atoms with Crippen molar-refractivity contribution in [2.24, 2.45) is 0 Å². The number of nitrogens with zero attached hydrogens (tertiary/aromatic N) is 1. The summed E-state index contributed by atoms with van der Waals surface area (Å²) < 4.78 is 0. The molecule has 0 aliphatic rings. The number of aromatic nitrogens is 1. The van der Waals surface area contributed by atoms with E-state index < -0.39 is 0 Å². The molecule has 1 heterocycles. The molecule has 1 aromatic heterocycles. The van der Waals surface area contributed by atoms with Crippen molar-refractivity contribution in [3.05, 3.63) is 41.7 Å². The van der Waals surface area contributed by atoms with Crippen LogP contribution in [0.5, 0.6) is 0 Å². The number of carbonyl (C=O) groups excluding carboxylic acids is 1. The maximum absolute atomic E-state index is 11.5. The van der Waals surface area contributed by atoms with Crippen LogP contribution in [-0.4, -0.2) is 17.4 Å². The van der Waals surface area contributed by atoms with E-state index in [0.717, 1.165) is 5.56 Å². The third-order valence-electron chi connectivity index (χ3n) is 1.75.